The van der Waals surface area contributed by atoms with Gasteiger partial charge in [-0.2, -0.15) is 0 Å². The number of alkyl halides is 2. The highest BCUT2D eigenvalue weighted by Crippen LogP contribution is 2.41. The number of amides is 1. The molecule has 1 N–H and O–H groups in total. The average molecular weight is 532 g/mol. The lowest BCUT2D eigenvalue weighted by Gasteiger charge is -2.33. The van der Waals surface area contributed by atoms with Crippen molar-refractivity contribution in [3.05, 3.63) is 40.4 Å². The Hall–Kier alpha value is -2.46. The van der Waals surface area contributed by atoms with E-state index in [0.717, 1.165) is 69.4 Å². The third kappa shape index (κ3) is 7.31. The number of hydrogen-bond acceptors (Lipinski definition) is 7. The summed E-state index contributed by atoms with van der Waals surface area (Å²) in [6, 6.07) is 0.241. The maximum Gasteiger partial charge on any atom is 0.273 e. The number of halogens is 2. The van der Waals surface area contributed by atoms with E-state index in [-0.39, 0.29) is 24.8 Å². The molecule has 0 unspecified atom stereocenters. The van der Waals surface area contributed by atoms with E-state index >= 15 is 0 Å². The molecule has 0 atom stereocenters. The predicted octanol–water partition coefficient (Wildman–Crippen LogP) is 4.60. The molecule has 0 aromatic carbocycles. The molecule has 10 heteroatoms. The fraction of sp³-hybridized carbons (Fsp3) is 0.630. The summed E-state index contributed by atoms with van der Waals surface area (Å²) in [7, 11) is 0. The van der Waals surface area contributed by atoms with Gasteiger partial charge in [-0.3, -0.25) is 4.79 Å². The third-order valence-electron chi connectivity index (χ3n) is 7.67. The Kier molecular flexibility index (Phi) is 8.14. The van der Waals surface area contributed by atoms with Crippen molar-refractivity contribution in [1.82, 2.24) is 25.2 Å². The molecule has 2 saturated carbocycles. The lowest BCUT2D eigenvalue weighted by atomic mass is 9.84. The normalized spacial score (nSPS) is 24.3. The number of nitrogens with one attached hydrogen (secondary N) is 1. The topological polar surface area (TPSA) is 80.2 Å². The minimum absolute atomic E-state index is 0.0612. The minimum Gasteiger partial charge on any atom is -0.466 e. The van der Waals surface area contributed by atoms with Gasteiger partial charge in [-0.1, -0.05) is 11.3 Å². The first-order valence-corrected chi connectivity index (χ1v) is 14.2. The maximum absolute atomic E-state index is 13.1. The number of aryl methyl sites for hydroxylation is 1. The van der Waals surface area contributed by atoms with Gasteiger partial charge in [0.15, 0.2) is 0 Å². The van der Waals surface area contributed by atoms with Crippen LogP contribution in [-0.2, 0) is 17.6 Å². The molecule has 37 heavy (non-hydrogen) atoms. The van der Waals surface area contributed by atoms with Gasteiger partial charge in [-0.15, -0.1) is 0 Å². The first-order chi connectivity index (χ1) is 17.8. The summed E-state index contributed by atoms with van der Waals surface area (Å²) in [5, 5.41) is 3.70. The Labute approximate surface area is 220 Å². The van der Waals surface area contributed by atoms with Gasteiger partial charge in [0.1, 0.15) is 11.9 Å². The molecule has 1 amide bonds. The zero-order chi connectivity index (χ0) is 25.8. The second-order valence-corrected chi connectivity index (χ2v) is 11.7. The molecule has 0 bridgehead atoms. The van der Waals surface area contributed by atoms with Crippen LogP contribution in [0.5, 0.6) is 5.19 Å². The summed E-state index contributed by atoms with van der Waals surface area (Å²) in [5.41, 5.74) is 1.90. The summed E-state index contributed by atoms with van der Waals surface area (Å²) in [4.78, 5) is 29.0. The van der Waals surface area contributed by atoms with Crippen LogP contribution in [-0.4, -0.2) is 63.5 Å². The number of thiazole rings is 1. The Morgan fingerprint density at radius 2 is 1.92 bits per heavy atom. The van der Waals surface area contributed by atoms with E-state index in [4.69, 9.17) is 4.74 Å². The van der Waals surface area contributed by atoms with Gasteiger partial charge in [0.05, 0.1) is 5.69 Å². The van der Waals surface area contributed by atoms with E-state index in [9.17, 15) is 13.6 Å². The van der Waals surface area contributed by atoms with Gasteiger partial charge in [0.2, 0.25) is 5.91 Å². The second kappa shape index (κ2) is 11.5. The van der Waals surface area contributed by atoms with Crippen molar-refractivity contribution >= 4 is 23.3 Å². The lowest BCUT2D eigenvalue weighted by molar-refractivity contribution is -0.134. The van der Waals surface area contributed by atoms with Crippen LogP contribution >= 0.6 is 11.3 Å². The monoisotopic (exact) mass is 531 g/mol. The Bertz CT molecular complexity index is 1070. The quantitative estimate of drug-likeness (QED) is 0.502. The van der Waals surface area contributed by atoms with Crippen LogP contribution in [0.3, 0.4) is 0 Å². The number of carbonyl (C=O) groups is 1. The highest BCUT2D eigenvalue weighted by molar-refractivity contribution is 7.13. The zero-order valence-electron chi connectivity index (χ0n) is 21.3. The van der Waals surface area contributed by atoms with E-state index < -0.39 is 12.0 Å². The number of ether oxygens (including phenoxy) is 1. The smallest absolute Gasteiger partial charge is 0.273 e. The van der Waals surface area contributed by atoms with E-state index in [2.05, 4.69) is 25.2 Å². The average Bonchev–Trinajstić information content (AvgIpc) is 3.14. The molecule has 2 aliphatic carbocycles. The first kappa shape index (κ1) is 26.2. The van der Waals surface area contributed by atoms with Crippen LogP contribution in [0.4, 0.5) is 8.78 Å². The Balaban J connectivity index is 0.983. The fourth-order valence-electron chi connectivity index (χ4n) is 5.36. The largest absolute Gasteiger partial charge is 0.466 e. The van der Waals surface area contributed by atoms with E-state index in [1.165, 1.54) is 22.6 Å². The first-order valence-electron chi connectivity index (χ1n) is 13.3. The van der Waals surface area contributed by atoms with Crippen LogP contribution in [0.2, 0.25) is 0 Å². The SMILES string of the molecule is Cc1ncc(/C=C/C(=O)NC2CCC(CCN3CCc4nc(OC5CC(F)(F)C5)sc4CC3)CC2)cn1. The number of hydrogen-bond donors (Lipinski definition) is 1. The summed E-state index contributed by atoms with van der Waals surface area (Å²) >= 11 is 1.53. The van der Waals surface area contributed by atoms with Crippen molar-refractivity contribution < 1.29 is 18.3 Å². The maximum atomic E-state index is 13.1. The van der Waals surface area contributed by atoms with Crippen LogP contribution in [0.25, 0.3) is 6.08 Å². The number of carbonyl (C=O) groups excluding carboxylic acids is 1. The molecule has 3 aliphatic rings. The molecule has 0 saturated heterocycles. The van der Waals surface area contributed by atoms with Crippen LogP contribution in [0, 0.1) is 12.8 Å². The molecule has 7 nitrogen and oxygen atoms in total. The molecular weight excluding hydrogens is 496 g/mol. The molecule has 2 aromatic rings. The Morgan fingerprint density at radius 1 is 1.19 bits per heavy atom. The molecule has 0 radical (unpaired) electrons. The molecule has 5 rings (SSSR count). The summed E-state index contributed by atoms with van der Waals surface area (Å²) in [6.07, 6.45) is 13.3. The zero-order valence-corrected chi connectivity index (χ0v) is 22.1. The van der Waals surface area contributed by atoms with Gasteiger partial charge >= 0.3 is 0 Å². The molecule has 1 aliphatic heterocycles. The van der Waals surface area contributed by atoms with Crippen molar-refractivity contribution in [1.29, 1.82) is 0 Å². The van der Waals surface area contributed by atoms with Gasteiger partial charge in [-0.25, -0.2) is 23.7 Å². The molecule has 2 aromatic heterocycles. The Morgan fingerprint density at radius 3 is 2.65 bits per heavy atom. The van der Waals surface area contributed by atoms with Crippen molar-refractivity contribution in [2.24, 2.45) is 5.92 Å². The van der Waals surface area contributed by atoms with Crippen LogP contribution < -0.4 is 10.1 Å². The predicted molar refractivity (Wildman–Crippen MR) is 139 cm³/mol. The van der Waals surface area contributed by atoms with Crippen LogP contribution in [0.15, 0.2) is 18.5 Å². The molecule has 200 valence electrons. The van der Waals surface area contributed by atoms with E-state index in [1.807, 2.05) is 6.92 Å². The summed E-state index contributed by atoms with van der Waals surface area (Å²) in [5.74, 6) is -1.22. The second-order valence-electron chi connectivity index (χ2n) is 10.6. The highest BCUT2D eigenvalue weighted by Gasteiger charge is 2.47. The van der Waals surface area contributed by atoms with Gasteiger partial charge < -0.3 is 15.0 Å². The lowest BCUT2D eigenvalue weighted by Crippen LogP contribution is -2.43. The van der Waals surface area contributed by atoms with E-state index in [1.54, 1.807) is 24.5 Å². The van der Waals surface area contributed by atoms with Crippen molar-refractivity contribution in [3.8, 4) is 5.19 Å². The number of rotatable bonds is 8. The van der Waals surface area contributed by atoms with Gasteiger partial charge in [-0.05, 0) is 64.0 Å². The minimum atomic E-state index is -2.57. The number of nitrogens with zero attached hydrogens (tertiary/aromatic N) is 4. The summed E-state index contributed by atoms with van der Waals surface area (Å²) < 4.78 is 31.8. The van der Waals surface area contributed by atoms with Gasteiger partial charge in [0.25, 0.3) is 11.1 Å². The van der Waals surface area contributed by atoms with Crippen molar-refractivity contribution in [3.63, 3.8) is 0 Å². The molecule has 0 spiro atoms. The fourth-order valence-corrected chi connectivity index (χ4v) is 6.37. The molecule has 2 fully saturated rings. The van der Waals surface area contributed by atoms with Crippen molar-refractivity contribution in [2.75, 3.05) is 19.6 Å². The number of fused-ring (bicyclic) bond motifs is 1. The van der Waals surface area contributed by atoms with Crippen molar-refractivity contribution in [2.45, 2.75) is 82.8 Å². The van der Waals surface area contributed by atoms with Crippen LogP contribution in [0.1, 0.15) is 66.9 Å². The van der Waals surface area contributed by atoms with E-state index in [0.29, 0.717) is 16.9 Å². The standard InChI is InChI=1S/C27H35F2N5O2S/c1-18-30-16-20(17-31-18)4-7-25(35)32-21-5-2-19(3-6-21)8-11-34-12-9-23-24(10-13-34)37-26(33-23)36-22-14-27(28,29)15-22/h4,7,16-17,19,21-22H,2-3,5-6,8-15H2,1H3,(H,32,35)/b7-4+. The molecular formula is C27H35F2N5O2S. The summed E-state index contributed by atoms with van der Waals surface area (Å²) in [6.45, 7) is 4.89. The highest BCUT2D eigenvalue weighted by atomic mass is 32.1. The van der Waals surface area contributed by atoms with Gasteiger partial charge in [0, 0.05) is 67.3 Å². The molecule has 3 heterocycles. The third-order valence-corrected chi connectivity index (χ3v) is 8.72. The number of aromatic nitrogens is 3.